The molecule has 5 nitrogen and oxygen atoms in total. The van der Waals surface area contributed by atoms with E-state index in [2.05, 4.69) is 0 Å². The van der Waals surface area contributed by atoms with E-state index in [4.69, 9.17) is 21.1 Å². The Bertz CT molecular complexity index is 821. The molecule has 1 aliphatic heterocycles. The van der Waals surface area contributed by atoms with Gasteiger partial charge in [0.15, 0.2) is 6.61 Å². The minimum Gasteiger partial charge on any atom is -0.496 e. The van der Waals surface area contributed by atoms with Crippen molar-refractivity contribution in [2.45, 2.75) is 19.4 Å². The third-order valence-electron chi connectivity index (χ3n) is 4.18. The van der Waals surface area contributed by atoms with E-state index in [-0.39, 0.29) is 24.1 Å². The molecule has 0 fully saturated rings. The van der Waals surface area contributed by atoms with Crippen LogP contribution in [0.5, 0.6) is 5.75 Å². The summed E-state index contributed by atoms with van der Waals surface area (Å²) < 4.78 is 10.3. The lowest BCUT2D eigenvalue weighted by atomic mass is 10.1. The highest BCUT2D eigenvalue weighted by molar-refractivity contribution is 6.31. The van der Waals surface area contributed by atoms with Crippen molar-refractivity contribution in [3.8, 4) is 5.75 Å². The first-order valence-electron chi connectivity index (χ1n) is 7.92. The van der Waals surface area contributed by atoms with Gasteiger partial charge in [-0.15, -0.1) is 0 Å². The number of methoxy groups -OCH3 is 1. The number of hydrogen-bond donors (Lipinski definition) is 0. The average molecular weight is 360 g/mol. The van der Waals surface area contributed by atoms with Gasteiger partial charge in [0, 0.05) is 16.8 Å². The fourth-order valence-electron chi connectivity index (χ4n) is 3.06. The van der Waals surface area contributed by atoms with Gasteiger partial charge in [-0.2, -0.15) is 0 Å². The molecule has 3 rings (SSSR count). The molecule has 25 heavy (non-hydrogen) atoms. The highest BCUT2D eigenvalue weighted by Gasteiger charge is 2.31. The van der Waals surface area contributed by atoms with Gasteiger partial charge < -0.3 is 14.4 Å². The molecule has 2 aromatic rings. The Morgan fingerprint density at radius 3 is 2.76 bits per heavy atom. The van der Waals surface area contributed by atoms with E-state index in [0.29, 0.717) is 10.8 Å². The number of rotatable bonds is 4. The van der Waals surface area contributed by atoms with E-state index in [1.807, 2.05) is 31.2 Å². The fraction of sp³-hybridized carbons (Fsp3) is 0.263. The molecule has 1 amide bonds. The molecule has 0 saturated carbocycles. The summed E-state index contributed by atoms with van der Waals surface area (Å²) in [6.45, 7) is 1.63. The molecule has 0 bridgehead atoms. The van der Waals surface area contributed by atoms with Gasteiger partial charge in [0.1, 0.15) is 11.3 Å². The standard InChI is InChI=1S/C19H18ClNO4/c1-12-9-13-5-3-4-6-16(13)21(12)18(22)11-25-19(23)15-10-14(20)7-8-17(15)24-2/h3-8,10,12H,9,11H2,1-2H3/t12-/m0/s1. The Balaban J connectivity index is 1.71. The number of hydrogen-bond acceptors (Lipinski definition) is 4. The topological polar surface area (TPSA) is 55.8 Å². The second-order valence-corrected chi connectivity index (χ2v) is 6.30. The number of halogens is 1. The largest absolute Gasteiger partial charge is 0.496 e. The van der Waals surface area contributed by atoms with Crippen LogP contribution in [-0.4, -0.2) is 31.6 Å². The van der Waals surface area contributed by atoms with Crippen LogP contribution < -0.4 is 9.64 Å². The van der Waals surface area contributed by atoms with E-state index < -0.39 is 5.97 Å². The first kappa shape index (κ1) is 17.3. The summed E-state index contributed by atoms with van der Waals surface area (Å²) >= 11 is 5.92. The van der Waals surface area contributed by atoms with Crippen LogP contribution in [0, 0.1) is 0 Å². The minimum atomic E-state index is -0.646. The van der Waals surface area contributed by atoms with Crippen LogP contribution in [0.3, 0.4) is 0 Å². The van der Waals surface area contributed by atoms with Crippen molar-refractivity contribution in [3.05, 3.63) is 58.6 Å². The average Bonchev–Trinajstić information content (AvgIpc) is 2.95. The highest BCUT2D eigenvalue weighted by Crippen LogP contribution is 2.32. The van der Waals surface area contributed by atoms with Gasteiger partial charge in [-0.05, 0) is 43.2 Å². The Labute approximate surface area is 151 Å². The van der Waals surface area contributed by atoms with Gasteiger partial charge in [-0.25, -0.2) is 4.79 Å². The fourth-order valence-corrected chi connectivity index (χ4v) is 3.23. The van der Waals surface area contributed by atoms with Crippen LogP contribution in [0.1, 0.15) is 22.8 Å². The molecule has 0 aliphatic carbocycles. The molecule has 1 atom stereocenters. The van der Waals surface area contributed by atoms with E-state index in [1.165, 1.54) is 13.2 Å². The van der Waals surface area contributed by atoms with Gasteiger partial charge in [0.2, 0.25) is 0 Å². The number of ether oxygens (including phenoxy) is 2. The summed E-state index contributed by atoms with van der Waals surface area (Å²) in [6, 6.07) is 12.4. The van der Waals surface area contributed by atoms with E-state index >= 15 is 0 Å². The minimum absolute atomic E-state index is 0.0318. The number of fused-ring (bicyclic) bond motifs is 1. The summed E-state index contributed by atoms with van der Waals surface area (Å²) in [5.74, 6) is -0.554. The number of amides is 1. The third-order valence-corrected chi connectivity index (χ3v) is 4.42. The second kappa shape index (κ2) is 7.15. The maximum Gasteiger partial charge on any atom is 0.342 e. The lowest BCUT2D eigenvalue weighted by Crippen LogP contribution is -2.38. The number of carbonyl (C=O) groups excluding carboxylic acids is 2. The Kier molecular flexibility index (Phi) is 4.95. The van der Waals surface area contributed by atoms with Crippen LogP contribution >= 0.6 is 11.6 Å². The summed E-state index contributed by atoms with van der Waals surface area (Å²) in [5.41, 5.74) is 2.18. The number of nitrogens with zero attached hydrogens (tertiary/aromatic N) is 1. The zero-order chi connectivity index (χ0) is 18.0. The van der Waals surface area contributed by atoms with Crippen LogP contribution in [0.4, 0.5) is 5.69 Å². The molecule has 130 valence electrons. The number of benzene rings is 2. The molecule has 0 aromatic heterocycles. The predicted molar refractivity (Wildman–Crippen MR) is 95.4 cm³/mol. The van der Waals surface area contributed by atoms with Crippen molar-refractivity contribution < 1.29 is 19.1 Å². The Hall–Kier alpha value is -2.53. The number of para-hydroxylation sites is 1. The Morgan fingerprint density at radius 1 is 1.24 bits per heavy atom. The van der Waals surface area contributed by atoms with E-state index in [9.17, 15) is 9.59 Å². The lowest BCUT2D eigenvalue weighted by Gasteiger charge is -2.22. The molecule has 0 spiro atoms. The zero-order valence-electron chi connectivity index (χ0n) is 14.0. The van der Waals surface area contributed by atoms with Crippen molar-refractivity contribution in [1.82, 2.24) is 0 Å². The summed E-state index contributed by atoms with van der Waals surface area (Å²) in [4.78, 5) is 26.5. The molecule has 0 saturated heterocycles. The van der Waals surface area contributed by atoms with Crippen LogP contribution in [0.25, 0.3) is 0 Å². The molecule has 1 aliphatic rings. The number of esters is 1. The van der Waals surface area contributed by atoms with Crippen LogP contribution in [0.2, 0.25) is 5.02 Å². The molecule has 6 heteroatoms. The zero-order valence-corrected chi connectivity index (χ0v) is 14.7. The van der Waals surface area contributed by atoms with Gasteiger partial charge in [-0.1, -0.05) is 29.8 Å². The summed E-state index contributed by atoms with van der Waals surface area (Å²) in [7, 11) is 1.45. The molecule has 0 unspecified atom stereocenters. The lowest BCUT2D eigenvalue weighted by molar-refractivity contribution is -0.122. The van der Waals surface area contributed by atoms with E-state index in [1.54, 1.807) is 17.0 Å². The second-order valence-electron chi connectivity index (χ2n) is 5.87. The highest BCUT2D eigenvalue weighted by atomic mass is 35.5. The molecule has 0 radical (unpaired) electrons. The van der Waals surface area contributed by atoms with Crippen LogP contribution in [0.15, 0.2) is 42.5 Å². The molecule has 0 N–H and O–H groups in total. The quantitative estimate of drug-likeness (QED) is 0.784. The number of carbonyl (C=O) groups is 2. The van der Waals surface area contributed by atoms with Crippen molar-refractivity contribution in [1.29, 1.82) is 0 Å². The van der Waals surface area contributed by atoms with Crippen molar-refractivity contribution >= 4 is 29.2 Å². The molecule has 2 aromatic carbocycles. The number of anilines is 1. The maximum absolute atomic E-state index is 12.6. The first-order valence-corrected chi connectivity index (χ1v) is 8.29. The molecular weight excluding hydrogens is 342 g/mol. The third kappa shape index (κ3) is 3.46. The SMILES string of the molecule is COc1ccc(Cl)cc1C(=O)OCC(=O)N1c2ccccc2C[C@@H]1C. The van der Waals surface area contributed by atoms with Crippen LogP contribution in [-0.2, 0) is 16.0 Å². The Morgan fingerprint density at radius 2 is 2.00 bits per heavy atom. The maximum atomic E-state index is 12.6. The summed E-state index contributed by atoms with van der Waals surface area (Å²) in [5, 5.41) is 0.390. The van der Waals surface area contributed by atoms with E-state index in [0.717, 1.165) is 17.7 Å². The van der Waals surface area contributed by atoms with Gasteiger partial charge >= 0.3 is 5.97 Å². The first-order chi connectivity index (χ1) is 12.0. The van der Waals surface area contributed by atoms with Gasteiger partial charge in [-0.3, -0.25) is 4.79 Å². The monoisotopic (exact) mass is 359 g/mol. The predicted octanol–water partition coefficient (Wildman–Crippen LogP) is 3.48. The smallest absolute Gasteiger partial charge is 0.342 e. The van der Waals surface area contributed by atoms with Crippen molar-refractivity contribution in [2.24, 2.45) is 0 Å². The normalized spacial score (nSPS) is 15.6. The van der Waals surface area contributed by atoms with Gasteiger partial charge in [0.05, 0.1) is 7.11 Å². The molecular formula is C19H18ClNO4. The van der Waals surface area contributed by atoms with Crippen molar-refractivity contribution in [3.63, 3.8) is 0 Å². The van der Waals surface area contributed by atoms with Gasteiger partial charge in [0.25, 0.3) is 5.91 Å². The summed E-state index contributed by atoms with van der Waals surface area (Å²) in [6.07, 6.45) is 0.790. The van der Waals surface area contributed by atoms with Crippen molar-refractivity contribution in [2.75, 3.05) is 18.6 Å². The molecule has 1 heterocycles.